The van der Waals surface area contributed by atoms with E-state index >= 15 is 0 Å². The number of nitrogens with zero attached hydrogens (tertiary/aromatic N) is 5. The summed E-state index contributed by atoms with van der Waals surface area (Å²) in [4.78, 5) is 4.28. The Kier molecular flexibility index (Phi) is 5.72. The van der Waals surface area contributed by atoms with Crippen molar-refractivity contribution >= 4 is 11.6 Å². The normalized spacial score (nSPS) is 11.2. The number of halogens is 1. The third kappa shape index (κ3) is 4.03. The number of aromatic nitrogens is 5. The minimum atomic E-state index is 0.568. The SMILES string of the molecule is CCn1nc(C)c(Cl)c1Cn1cnc(CNCCOC)n1. The molecule has 0 aromatic carbocycles. The van der Waals surface area contributed by atoms with Crippen molar-refractivity contribution in [3.63, 3.8) is 0 Å². The maximum atomic E-state index is 6.30. The first-order chi connectivity index (χ1) is 10.2. The fourth-order valence-electron chi connectivity index (χ4n) is 2.04. The highest BCUT2D eigenvalue weighted by Gasteiger charge is 2.13. The van der Waals surface area contributed by atoms with Crippen molar-refractivity contribution < 1.29 is 4.74 Å². The van der Waals surface area contributed by atoms with Gasteiger partial charge in [0.05, 0.1) is 36.1 Å². The molecule has 8 heteroatoms. The van der Waals surface area contributed by atoms with Gasteiger partial charge in [-0.05, 0) is 13.8 Å². The van der Waals surface area contributed by atoms with Gasteiger partial charge < -0.3 is 10.1 Å². The summed E-state index contributed by atoms with van der Waals surface area (Å²) in [5.74, 6) is 0.751. The smallest absolute Gasteiger partial charge is 0.164 e. The summed E-state index contributed by atoms with van der Waals surface area (Å²) < 4.78 is 8.65. The van der Waals surface area contributed by atoms with Crippen molar-refractivity contribution in [1.82, 2.24) is 29.9 Å². The van der Waals surface area contributed by atoms with E-state index in [4.69, 9.17) is 16.3 Å². The first-order valence-electron chi connectivity index (χ1n) is 6.95. The van der Waals surface area contributed by atoms with Crippen LogP contribution in [0.4, 0.5) is 0 Å². The van der Waals surface area contributed by atoms with Gasteiger partial charge in [0, 0.05) is 20.2 Å². The molecule has 0 unspecified atom stereocenters. The van der Waals surface area contributed by atoms with Gasteiger partial charge >= 0.3 is 0 Å². The lowest BCUT2D eigenvalue weighted by molar-refractivity contribution is 0.199. The highest BCUT2D eigenvalue weighted by Crippen LogP contribution is 2.20. The number of ether oxygens (including phenoxy) is 1. The van der Waals surface area contributed by atoms with E-state index in [2.05, 4.69) is 20.5 Å². The Morgan fingerprint density at radius 1 is 1.38 bits per heavy atom. The van der Waals surface area contributed by atoms with E-state index < -0.39 is 0 Å². The van der Waals surface area contributed by atoms with E-state index in [1.165, 1.54) is 0 Å². The number of hydrogen-bond donors (Lipinski definition) is 1. The fourth-order valence-corrected chi connectivity index (χ4v) is 2.23. The fraction of sp³-hybridized carbons (Fsp3) is 0.615. The van der Waals surface area contributed by atoms with Gasteiger partial charge in [0.1, 0.15) is 6.33 Å². The molecule has 0 aliphatic heterocycles. The predicted octanol–water partition coefficient (Wildman–Crippen LogP) is 1.24. The molecule has 0 amide bonds. The second kappa shape index (κ2) is 7.53. The first kappa shape index (κ1) is 15.9. The highest BCUT2D eigenvalue weighted by molar-refractivity contribution is 6.31. The highest BCUT2D eigenvalue weighted by atomic mass is 35.5. The number of hydrogen-bond acceptors (Lipinski definition) is 5. The molecule has 0 radical (unpaired) electrons. The topological polar surface area (TPSA) is 69.8 Å². The minimum Gasteiger partial charge on any atom is -0.383 e. The number of methoxy groups -OCH3 is 1. The average Bonchev–Trinajstić information content (AvgIpc) is 3.03. The Morgan fingerprint density at radius 3 is 2.90 bits per heavy atom. The first-order valence-corrected chi connectivity index (χ1v) is 7.33. The van der Waals surface area contributed by atoms with Crippen LogP contribution in [0.3, 0.4) is 0 Å². The molecule has 0 saturated carbocycles. The van der Waals surface area contributed by atoms with Crippen LogP contribution in [0.1, 0.15) is 24.1 Å². The van der Waals surface area contributed by atoms with Gasteiger partial charge in [-0.15, -0.1) is 0 Å². The van der Waals surface area contributed by atoms with Gasteiger partial charge in [-0.2, -0.15) is 10.2 Å². The van der Waals surface area contributed by atoms with Gasteiger partial charge in [-0.1, -0.05) is 11.6 Å². The molecule has 7 nitrogen and oxygen atoms in total. The van der Waals surface area contributed by atoms with Crippen LogP contribution in [0.5, 0.6) is 0 Å². The Labute approximate surface area is 129 Å². The molecule has 0 fully saturated rings. The van der Waals surface area contributed by atoms with E-state index in [0.29, 0.717) is 24.7 Å². The number of nitrogens with one attached hydrogen (secondary N) is 1. The van der Waals surface area contributed by atoms with E-state index in [-0.39, 0.29) is 0 Å². The van der Waals surface area contributed by atoms with Crippen molar-refractivity contribution in [2.75, 3.05) is 20.3 Å². The summed E-state index contributed by atoms with van der Waals surface area (Å²) in [6.45, 7) is 7.37. The summed E-state index contributed by atoms with van der Waals surface area (Å²) in [6, 6.07) is 0. The number of rotatable bonds is 8. The molecule has 21 heavy (non-hydrogen) atoms. The molecule has 1 N–H and O–H groups in total. The molecule has 116 valence electrons. The molecule has 0 saturated heterocycles. The Morgan fingerprint density at radius 2 is 2.19 bits per heavy atom. The van der Waals surface area contributed by atoms with E-state index in [9.17, 15) is 0 Å². The molecular weight excluding hydrogens is 292 g/mol. The van der Waals surface area contributed by atoms with Crippen LogP contribution in [0.2, 0.25) is 5.02 Å². The standard InChI is InChI=1S/C13H21ClN6O/c1-4-20-11(13(14)10(2)17-20)8-19-9-16-12(18-19)7-15-5-6-21-3/h9,15H,4-8H2,1-3H3. The molecule has 2 heterocycles. The molecule has 0 spiro atoms. The maximum Gasteiger partial charge on any atom is 0.164 e. The monoisotopic (exact) mass is 312 g/mol. The molecule has 0 bridgehead atoms. The van der Waals surface area contributed by atoms with Crippen molar-refractivity contribution in [1.29, 1.82) is 0 Å². The van der Waals surface area contributed by atoms with Crippen molar-refractivity contribution in [3.8, 4) is 0 Å². The molecule has 2 aromatic rings. The van der Waals surface area contributed by atoms with Gasteiger partial charge in [0.2, 0.25) is 0 Å². The zero-order valence-corrected chi connectivity index (χ0v) is 13.4. The van der Waals surface area contributed by atoms with Gasteiger partial charge in [-0.3, -0.25) is 4.68 Å². The molecule has 0 aliphatic carbocycles. The van der Waals surface area contributed by atoms with Crippen molar-refractivity contribution in [2.45, 2.75) is 33.5 Å². The van der Waals surface area contributed by atoms with Crippen LogP contribution in [0.25, 0.3) is 0 Å². The predicted molar refractivity (Wildman–Crippen MR) is 80.4 cm³/mol. The van der Waals surface area contributed by atoms with Crippen LogP contribution in [0, 0.1) is 6.92 Å². The summed E-state index contributed by atoms with van der Waals surface area (Å²) in [6.07, 6.45) is 1.71. The van der Waals surface area contributed by atoms with Gasteiger partial charge in [0.15, 0.2) is 5.82 Å². The van der Waals surface area contributed by atoms with Crippen molar-refractivity contribution in [3.05, 3.63) is 28.6 Å². The minimum absolute atomic E-state index is 0.568. The molecule has 0 atom stereocenters. The second-order valence-electron chi connectivity index (χ2n) is 4.69. The van der Waals surface area contributed by atoms with E-state index in [1.807, 2.05) is 18.5 Å². The maximum absolute atomic E-state index is 6.30. The Hall–Kier alpha value is -1.44. The van der Waals surface area contributed by atoms with Gasteiger partial charge in [-0.25, -0.2) is 9.67 Å². The molecule has 2 rings (SSSR count). The third-order valence-corrected chi connectivity index (χ3v) is 3.61. The second-order valence-corrected chi connectivity index (χ2v) is 5.07. The van der Waals surface area contributed by atoms with Crippen LogP contribution >= 0.6 is 11.6 Å². The zero-order valence-electron chi connectivity index (χ0n) is 12.6. The summed E-state index contributed by atoms with van der Waals surface area (Å²) in [5.41, 5.74) is 1.80. The van der Waals surface area contributed by atoms with Crippen LogP contribution < -0.4 is 5.32 Å². The largest absolute Gasteiger partial charge is 0.383 e. The summed E-state index contributed by atoms with van der Waals surface area (Å²) >= 11 is 6.30. The Bertz CT molecular complexity index is 579. The average molecular weight is 313 g/mol. The third-order valence-electron chi connectivity index (χ3n) is 3.11. The lowest BCUT2D eigenvalue weighted by atomic mass is 10.3. The van der Waals surface area contributed by atoms with Crippen LogP contribution in [-0.4, -0.2) is 44.8 Å². The Balaban J connectivity index is 1.99. The zero-order chi connectivity index (χ0) is 15.2. The molecule has 2 aromatic heterocycles. The van der Waals surface area contributed by atoms with E-state index in [1.54, 1.807) is 18.1 Å². The van der Waals surface area contributed by atoms with Crippen LogP contribution in [0.15, 0.2) is 6.33 Å². The quantitative estimate of drug-likeness (QED) is 0.743. The van der Waals surface area contributed by atoms with Gasteiger partial charge in [0.25, 0.3) is 0 Å². The van der Waals surface area contributed by atoms with Crippen LogP contribution in [-0.2, 0) is 24.4 Å². The number of aryl methyl sites for hydroxylation is 2. The molecule has 0 aliphatic rings. The van der Waals surface area contributed by atoms with E-state index in [0.717, 1.165) is 30.3 Å². The lowest BCUT2D eigenvalue weighted by Crippen LogP contribution is -2.19. The summed E-state index contributed by atoms with van der Waals surface area (Å²) in [5, 5.41) is 12.7. The van der Waals surface area contributed by atoms with Crippen molar-refractivity contribution in [2.24, 2.45) is 0 Å². The molecular formula is C13H21ClN6O. The lowest BCUT2D eigenvalue weighted by Gasteiger charge is -2.05. The summed E-state index contributed by atoms with van der Waals surface area (Å²) in [7, 11) is 1.68.